The van der Waals surface area contributed by atoms with Gasteiger partial charge in [0.25, 0.3) is 0 Å². The van der Waals surface area contributed by atoms with E-state index in [1.165, 1.54) is 12.3 Å². The first kappa shape index (κ1) is 17.9. The number of ether oxygens (including phenoxy) is 2. The highest BCUT2D eigenvalue weighted by Gasteiger charge is 2.06. The van der Waals surface area contributed by atoms with Crippen LogP contribution in [0.15, 0.2) is 18.2 Å². The third-order valence-corrected chi connectivity index (χ3v) is 3.76. The van der Waals surface area contributed by atoms with Crippen LogP contribution in [0.5, 0.6) is 5.75 Å². The van der Waals surface area contributed by atoms with Crippen molar-refractivity contribution in [2.45, 2.75) is 13.0 Å². The highest BCUT2D eigenvalue weighted by Crippen LogP contribution is 2.18. The molecule has 5 nitrogen and oxygen atoms in total. The number of methoxy groups -OCH3 is 1. The molecule has 0 amide bonds. The SMILES string of the molecule is COCCNCc1ccc(OCCCS(C)(=O)=O)c(F)c1. The highest BCUT2D eigenvalue weighted by atomic mass is 32.2. The minimum Gasteiger partial charge on any atom is -0.490 e. The first-order valence-electron chi connectivity index (χ1n) is 6.71. The van der Waals surface area contributed by atoms with Gasteiger partial charge in [-0.25, -0.2) is 12.8 Å². The zero-order valence-electron chi connectivity index (χ0n) is 12.4. The van der Waals surface area contributed by atoms with Crippen molar-refractivity contribution in [3.63, 3.8) is 0 Å². The third kappa shape index (κ3) is 7.99. The van der Waals surface area contributed by atoms with E-state index in [1.807, 2.05) is 0 Å². The van der Waals surface area contributed by atoms with Crippen LogP contribution in [0.2, 0.25) is 0 Å². The van der Waals surface area contributed by atoms with Crippen molar-refractivity contribution in [3.05, 3.63) is 29.6 Å². The van der Waals surface area contributed by atoms with Crippen molar-refractivity contribution in [2.75, 3.05) is 38.9 Å². The monoisotopic (exact) mass is 319 g/mol. The summed E-state index contributed by atoms with van der Waals surface area (Å²) in [5.41, 5.74) is 0.812. The Kier molecular flexibility index (Phi) is 7.63. The zero-order chi connectivity index (χ0) is 15.7. The van der Waals surface area contributed by atoms with E-state index in [-0.39, 0.29) is 18.1 Å². The summed E-state index contributed by atoms with van der Waals surface area (Å²) in [5, 5.41) is 3.12. The molecule has 0 saturated carbocycles. The molecule has 0 saturated heterocycles. The van der Waals surface area contributed by atoms with Crippen molar-refractivity contribution >= 4 is 9.84 Å². The molecular formula is C14H22FNO4S. The number of hydrogen-bond donors (Lipinski definition) is 1. The maximum absolute atomic E-state index is 13.8. The molecule has 0 unspecified atom stereocenters. The van der Waals surface area contributed by atoms with Gasteiger partial charge in [-0.1, -0.05) is 6.07 Å². The van der Waals surface area contributed by atoms with Crippen LogP contribution in [0, 0.1) is 5.82 Å². The Morgan fingerprint density at radius 3 is 2.67 bits per heavy atom. The minimum atomic E-state index is -3.00. The van der Waals surface area contributed by atoms with Gasteiger partial charge in [-0.3, -0.25) is 0 Å². The summed E-state index contributed by atoms with van der Waals surface area (Å²) >= 11 is 0. The van der Waals surface area contributed by atoms with Crippen molar-refractivity contribution < 1.29 is 22.3 Å². The maximum Gasteiger partial charge on any atom is 0.165 e. The Labute approximate surface area is 125 Å². The first-order valence-corrected chi connectivity index (χ1v) is 8.77. The fraction of sp³-hybridized carbons (Fsp3) is 0.571. The Morgan fingerprint density at radius 2 is 2.05 bits per heavy atom. The third-order valence-electron chi connectivity index (χ3n) is 2.73. The molecule has 0 aliphatic heterocycles. The Hall–Kier alpha value is -1.18. The molecule has 21 heavy (non-hydrogen) atoms. The minimum absolute atomic E-state index is 0.0378. The van der Waals surface area contributed by atoms with Crippen LogP contribution in [0.1, 0.15) is 12.0 Å². The number of nitrogens with one attached hydrogen (secondary N) is 1. The molecule has 1 aromatic carbocycles. The van der Waals surface area contributed by atoms with Crippen molar-refractivity contribution in [3.8, 4) is 5.75 Å². The lowest BCUT2D eigenvalue weighted by atomic mass is 10.2. The summed E-state index contributed by atoms with van der Waals surface area (Å²) in [6.45, 7) is 2.02. The molecule has 0 radical (unpaired) electrons. The summed E-state index contributed by atoms with van der Waals surface area (Å²) in [6.07, 6.45) is 1.51. The van der Waals surface area contributed by atoms with Gasteiger partial charge in [-0.15, -0.1) is 0 Å². The Bertz CT molecular complexity index is 534. The molecule has 0 aliphatic carbocycles. The van der Waals surface area contributed by atoms with Crippen LogP contribution < -0.4 is 10.1 Å². The molecule has 1 aromatic rings. The fourth-order valence-corrected chi connectivity index (χ4v) is 2.32. The van der Waals surface area contributed by atoms with Gasteiger partial charge in [-0.2, -0.15) is 0 Å². The molecule has 0 aromatic heterocycles. The molecule has 0 fully saturated rings. The summed E-state index contributed by atoms with van der Waals surface area (Å²) in [4.78, 5) is 0. The molecule has 0 atom stereocenters. The topological polar surface area (TPSA) is 64.6 Å². The summed E-state index contributed by atoms with van der Waals surface area (Å²) in [5.74, 6) is -0.264. The Balaban J connectivity index is 2.39. The van der Waals surface area contributed by atoms with Crippen LogP contribution in [0.3, 0.4) is 0 Å². The van der Waals surface area contributed by atoms with E-state index in [0.717, 1.165) is 5.56 Å². The Morgan fingerprint density at radius 1 is 1.29 bits per heavy atom. The van der Waals surface area contributed by atoms with E-state index < -0.39 is 15.7 Å². The lowest BCUT2D eigenvalue weighted by Crippen LogP contribution is -2.18. The van der Waals surface area contributed by atoms with Crippen molar-refractivity contribution in [2.24, 2.45) is 0 Å². The smallest absolute Gasteiger partial charge is 0.165 e. The van der Waals surface area contributed by atoms with Gasteiger partial charge < -0.3 is 14.8 Å². The lowest BCUT2D eigenvalue weighted by Gasteiger charge is -2.09. The van der Waals surface area contributed by atoms with Gasteiger partial charge in [-0.05, 0) is 24.1 Å². The average Bonchev–Trinajstić information content (AvgIpc) is 2.40. The van der Waals surface area contributed by atoms with E-state index in [9.17, 15) is 12.8 Å². The van der Waals surface area contributed by atoms with Crippen LogP contribution in [-0.2, 0) is 21.1 Å². The van der Waals surface area contributed by atoms with E-state index in [2.05, 4.69) is 5.32 Å². The van der Waals surface area contributed by atoms with E-state index in [0.29, 0.717) is 26.1 Å². The number of sulfone groups is 1. The van der Waals surface area contributed by atoms with Gasteiger partial charge in [0.1, 0.15) is 9.84 Å². The average molecular weight is 319 g/mol. The number of rotatable bonds is 10. The molecule has 0 spiro atoms. The predicted octanol–water partition coefficient (Wildman–Crippen LogP) is 1.38. The number of hydrogen-bond acceptors (Lipinski definition) is 5. The van der Waals surface area contributed by atoms with Gasteiger partial charge in [0.05, 0.1) is 19.0 Å². The van der Waals surface area contributed by atoms with Gasteiger partial charge >= 0.3 is 0 Å². The quantitative estimate of drug-likeness (QED) is 0.660. The van der Waals surface area contributed by atoms with Crippen LogP contribution in [0.25, 0.3) is 0 Å². The second-order valence-corrected chi connectivity index (χ2v) is 7.03. The van der Waals surface area contributed by atoms with E-state index in [1.54, 1.807) is 19.2 Å². The second-order valence-electron chi connectivity index (χ2n) is 4.77. The normalized spacial score (nSPS) is 11.6. The summed E-state index contributed by atoms with van der Waals surface area (Å²) < 4.78 is 45.9. The van der Waals surface area contributed by atoms with Crippen molar-refractivity contribution in [1.82, 2.24) is 5.32 Å². The van der Waals surface area contributed by atoms with E-state index >= 15 is 0 Å². The van der Waals surface area contributed by atoms with Crippen molar-refractivity contribution in [1.29, 1.82) is 0 Å². The molecule has 0 aliphatic rings. The van der Waals surface area contributed by atoms with Gasteiger partial charge in [0.15, 0.2) is 11.6 Å². The standard InChI is InChI=1S/C14H22FNO4S/c1-19-8-6-16-11-12-4-5-14(13(15)10-12)20-7-3-9-21(2,17)18/h4-5,10,16H,3,6-9,11H2,1-2H3. The summed E-state index contributed by atoms with van der Waals surface area (Å²) in [7, 11) is -1.38. The van der Waals surface area contributed by atoms with Crippen LogP contribution in [0.4, 0.5) is 4.39 Å². The zero-order valence-corrected chi connectivity index (χ0v) is 13.2. The van der Waals surface area contributed by atoms with E-state index in [4.69, 9.17) is 9.47 Å². The number of benzene rings is 1. The largest absolute Gasteiger partial charge is 0.490 e. The molecule has 0 heterocycles. The fourth-order valence-electron chi connectivity index (χ4n) is 1.68. The first-order chi connectivity index (χ1) is 9.92. The highest BCUT2D eigenvalue weighted by molar-refractivity contribution is 7.90. The van der Waals surface area contributed by atoms with Gasteiger partial charge in [0.2, 0.25) is 0 Å². The molecule has 7 heteroatoms. The summed E-state index contributed by atoms with van der Waals surface area (Å²) in [6, 6.07) is 4.74. The molecule has 0 bridgehead atoms. The predicted molar refractivity (Wildman–Crippen MR) is 79.8 cm³/mol. The lowest BCUT2D eigenvalue weighted by molar-refractivity contribution is 0.199. The maximum atomic E-state index is 13.8. The molecule has 120 valence electrons. The van der Waals surface area contributed by atoms with Crippen LogP contribution in [-0.4, -0.2) is 47.3 Å². The van der Waals surface area contributed by atoms with Crippen LogP contribution >= 0.6 is 0 Å². The van der Waals surface area contributed by atoms with Gasteiger partial charge in [0, 0.05) is 26.5 Å². The molecule has 1 rings (SSSR count). The number of halogens is 1. The molecular weight excluding hydrogens is 297 g/mol. The second kappa shape index (κ2) is 8.96. The molecule has 1 N–H and O–H groups in total.